The molecule has 0 radical (unpaired) electrons. The Balaban J connectivity index is 1.63. The molecule has 138 valence electrons. The SMILES string of the molecule is Cc1nc(C(=O)NC(C)C)cc(N2CCN(Cc3ccccc3)CC2)n1. The summed E-state index contributed by atoms with van der Waals surface area (Å²) in [6.07, 6.45) is 0. The molecule has 1 aromatic carbocycles. The van der Waals surface area contributed by atoms with Gasteiger partial charge in [0.1, 0.15) is 17.3 Å². The highest BCUT2D eigenvalue weighted by molar-refractivity contribution is 5.93. The fourth-order valence-corrected chi connectivity index (χ4v) is 3.14. The molecular weight excluding hydrogens is 326 g/mol. The van der Waals surface area contributed by atoms with E-state index in [1.807, 2.05) is 26.8 Å². The highest BCUT2D eigenvalue weighted by Gasteiger charge is 2.20. The lowest BCUT2D eigenvalue weighted by molar-refractivity contribution is 0.0937. The van der Waals surface area contributed by atoms with Crippen LogP contribution < -0.4 is 10.2 Å². The molecule has 0 spiro atoms. The fourth-order valence-electron chi connectivity index (χ4n) is 3.14. The van der Waals surface area contributed by atoms with Crippen molar-refractivity contribution in [3.05, 3.63) is 53.5 Å². The summed E-state index contributed by atoms with van der Waals surface area (Å²) >= 11 is 0. The number of hydrogen-bond donors (Lipinski definition) is 1. The molecule has 0 unspecified atom stereocenters. The van der Waals surface area contributed by atoms with E-state index in [0.717, 1.165) is 38.5 Å². The summed E-state index contributed by atoms with van der Waals surface area (Å²) in [6.45, 7) is 10.4. The number of nitrogens with zero attached hydrogens (tertiary/aromatic N) is 4. The average Bonchev–Trinajstić information content (AvgIpc) is 2.62. The minimum atomic E-state index is -0.144. The standard InChI is InChI=1S/C20H27N5O/c1-15(2)21-20(26)18-13-19(23-16(3)22-18)25-11-9-24(10-12-25)14-17-7-5-4-6-8-17/h4-8,13,15H,9-12,14H2,1-3H3,(H,21,26). The number of hydrogen-bond acceptors (Lipinski definition) is 5. The molecule has 0 saturated carbocycles. The molecule has 1 fully saturated rings. The first kappa shape index (κ1) is 18.3. The van der Waals surface area contributed by atoms with Crippen LogP contribution in [0.1, 0.15) is 35.7 Å². The number of anilines is 1. The summed E-state index contributed by atoms with van der Waals surface area (Å²) in [7, 11) is 0. The molecule has 0 bridgehead atoms. The van der Waals surface area contributed by atoms with E-state index < -0.39 is 0 Å². The Morgan fingerprint density at radius 2 is 1.81 bits per heavy atom. The van der Waals surface area contributed by atoms with Gasteiger partial charge in [0.2, 0.25) is 0 Å². The fraction of sp³-hybridized carbons (Fsp3) is 0.450. The summed E-state index contributed by atoms with van der Waals surface area (Å²) in [5, 5.41) is 2.89. The van der Waals surface area contributed by atoms with Crippen LogP contribution in [0.5, 0.6) is 0 Å². The quantitative estimate of drug-likeness (QED) is 0.893. The zero-order valence-corrected chi connectivity index (χ0v) is 15.8. The van der Waals surface area contributed by atoms with E-state index in [0.29, 0.717) is 11.5 Å². The third-order valence-electron chi connectivity index (χ3n) is 4.42. The number of benzene rings is 1. The Morgan fingerprint density at radius 3 is 2.46 bits per heavy atom. The van der Waals surface area contributed by atoms with Gasteiger partial charge < -0.3 is 10.2 Å². The summed E-state index contributed by atoms with van der Waals surface area (Å²) in [5.74, 6) is 1.32. The van der Waals surface area contributed by atoms with Crippen molar-refractivity contribution >= 4 is 11.7 Å². The maximum atomic E-state index is 12.3. The maximum absolute atomic E-state index is 12.3. The van der Waals surface area contributed by atoms with Crippen LogP contribution >= 0.6 is 0 Å². The first-order valence-corrected chi connectivity index (χ1v) is 9.19. The van der Waals surface area contributed by atoms with Gasteiger partial charge in [0, 0.05) is 44.8 Å². The van der Waals surface area contributed by atoms with Crippen LogP contribution in [0.2, 0.25) is 0 Å². The van der Waals surface area contributed by atoms with Crippen LogP contribution in [0.15, 0.2) is 36.4 Å². The molecule has 2 aromatic rings. The molecular formula is C20H27N5O. The predicted octanol–water partition coefficient (Wildman–Crippen LogP) is 2.25. The van der Waals surface area contributed by atoms with Gasteiger partial charge in [0.05, 0.1) is 0 Å². The maximum Gasteiger partial charge on any atom is 0.270 e. The van der Waals surface area contributed by atoms with Crippen molar-refractivity contribution in [2.75, 3.05) is 31.1 Å². The Labute approximate surface area is 155 Å². The number of aromatic nitrogens is 2. The van der Waals surface area contributed by atoms with Crippen molar-refractivity contribution < 1.29 is 4.79 Å². The first-order chi connectivity index (χ1) is 12.5. The third-order valence-corrected chi connectivity index (χ3v) is 4.42. The topological polar surface area (TPSA) is 61.4 Å². The van der Waals surface area contributed by atoms with Crippen molar-refractivity contribution in [2.24, 2.45) is 0 Å². The number of rotatable bonds is 5. The van der Waals surface area contributed by atoms with E-state index in [1.165, 1.54) is 5.56 Å². The molecule has 2 heterocycles. The summed E-state index contributed by atoms with van der Waals surface area (Å²) < 4.78 is 0. The molecule has 3 rings (SSSR count). The number of piperazine rings is 1. The Bertz CT molecular complexity index is 739. The minimum absolute atomic E-state index is 0.0859. The zero-order chi connectivity index (χ0) is 18.5. The number of amides is 1. The number of carbonyl (C=O) groups is 1. The van der Waals surface area contributed by atoms with Crippen molar-refractivity contribution in [3.63, 3.8) is 0 Å². The van der Waals surface area contributed by atoms with Gasteiger partial charge in [-0.1, -0.05) is 30.3 Å². The number of carbonyl (C=O) groups excluding carboxylic acids is 1. The van der Waals surface area contributed by atoms with Gasteiger partial charge in [-0.3, -0.25) is 9.69 Å². The molecule has 1 saturated heterocycles. The molecule has 0 atom stereocenters. The normalized spacial score (nSPS) is 15.3. The van der Waals surface area contributed by atoms with E-state index in [2.05, 4.69) is 49.4 Å². The van der Waals surface area contributed by atoms with Gasteiger partial charge in [-0.15, -0.1) is 0 Å². The van der Waals surface area contributed by atoms with Gasteiger partial charge in [-0.2, -0.15) is 0 Å². The van der Waals surface area contributed by atoms with Crippen LogP contribution in [-0.4, -0.2) is 53.0 Å². The lowest BCUT2D eigenvalue weighted by Gasteiger charge is -2.35. The molecule has 26 heavy (non-hydrogen) atoms. The number of nitrogens with one attached hydrogen (secondary N) is 1. The third kappa shape index (κ3) is 4.79. The summed E-state index contributed by atoms with van der Waals surface area (Å²) in [6, 6.07) is 12.4. The van der Waals surface area contributed by atoms with Crippen LogP contribution in [0.25, 0.3) is 0 Å². The van der Waals surface area contributed by atoms with E-state index in [1.54, 1.807) is 6.07 Å². The first-order valence-electron chi connectivity index (χ1n) is 9.19. The highest BCUT2D eigenvalue weighted by atomic mass is 16.1. The van der Waals surface area contributed by atoms with Gasteiger partial charge in [-0.25, -0.2) is 9.97 Å². The smallest absolute Gasteiger partial charge is 0.270 e. The van der Waals surface area contributed by atoms with Crippen molar-refractivity contribution in [1.29, 1.82) is 0 Å². The summed E-state index contributed by atoms with van der Waals surface area (Å²) in [5.41, 5.74) is 1.78. The second-order valence-corrected chi connectivity index (χ2v) is 7.04. The van der Waals surface area contributed by atoms with Gasteiger partial charge in [-0.05, 0) is 26.3 Å². The molecule has 6 heteroatoms. The zero-order valence-electron chi connectivity index (χ0n) is 15.8. The van der Waals surface area contributed by atoms with E-state index in [4.69, 9.17) is 0 Å². The summed E-state index contributed by atoms with van der Waals surface area (Å²) in [4.78, 5) is 25.8. The van der Waals surface area contributed by atoms with Crippen molar-refractivity contribution in [1.82, 2.24) is 20.2 Å². The van der Waals surface area contributed by atoms with E-state index >= 15 is 0 Å². The monoisotopic (exact) mass is 353 g/mol. The average molecular weight is 353 g/mol. The van der Waals surface area contributed by atoms with Crippen LogP contribution in [0.3, 0.4) is 0 Å². The van der Waals surface area contributed by atoms with E-state index in [9.17, 15) is 4.79 Å². The van der Waals surface area contributed by atoms with Crippen LogP contribution in [-0.2, 0) is 6.54 Å². The molecule has 1 aliphatic heterocycles. The Morgan fingerprint density at radius 1 is 1.12 bits per heavy atom. The lowest BCUT2D eigenvalue weighted by atomic mass is 10.2. The molecule has 6 nitrogen and oxygen atoms in total. The Kier molecular flexibility index (Phi) is 5.83. The molecule has 1 N–H and O–H groups in total. The largest absolute Gasteiger partial charge is 0.354 e. The minimum Gasteiger partial charge on any atom is -0.354 e. The van der Waals surface area contributed by atoms with Crippen molar-refractivity contribution in [3.8, 4) is 0 Å². The number of aryl methyl sites for hydroxylation is 1. The van der Waals surface area contributed by atoms with Crippen molar-refractivity contribution in [2.45, 2.75) is 33.4 Å². The van der Waals surface area contributed by atoms with Gasteiger partial charge >= 0.3 is 0 Å². The molecule has 1 aromatic heterocycles. The molecule has 1 amide bonds. The van der Waals surface area contributed by atoms with Gasteiger partial charge in [0.15, 0.2) is 0 Å². The highest BCUT2D eigenvalue weighted by Crippen LogP contribution is 2.16. The predicted molar refractivity (Wildman–Crippen MR) is 103 cm³/mol. The van der Waals surface area contributed by atoms with E-state index in [-0.39, 0.29) is 11.9 Å². The molecule has 1 aliphatic rings. The van der Waals surface area contributed by atoms with Gasteiger partial charge in [0.25, 0.3) is 5.91 Å². The van der Waals surface area contributed by atoms with Crippen LogP contribution in [0.4, 0.5) is 5.82 Å². The second kappa shape index (κ2) is 8.27. The Hall–Kier alpha value is -2.47. The lowest BCUT2D eigenvalue weighted by Crippen LogP contribution is -2.46. The van der Waals surface area contributed by atoms with Crippen LogP contribution in [0, 0.1) is 6.92 Å². The second-order valence-electron chi connectivity index (χ2n) is 7.04. The molecule has 0 aliphatic carbocycles.